The number of para-hydroxylation sites is 1. The molecule has 3 N–H and O–H groups in total. The molecule has 1 saturated heterocycles. The number of benzene rings is 1. The lowest BCUT2D eigenvalue weighted by Gasteiger charge is -2.36. The summed E-state index contributed by atoms with van der Waals surface area (Å²) in [6, 6.07) is 8.87. The van der Waals surface area contributed by atoms with E-state index in [1.54, 1.807) is 54.5 Å². The number of fused-ring (bicyclic) bond motifs is 1. The first-order chi connectivity index (χ1) is 22.7. The maximum atomic E-state index is 14.4. The third-order valence-corrected chi connectivity index (χ3v) is 11.5. The quantitative estimate of drug-likeness (QED) is 0.314. The third-order valence-electron chi connectivity index (χ3n) is 9.36. The Labute approximate surface area is 287 Å². The Morgan fingerprint density at radius 2 is 1.73 bits per heavy atom. The van der Waals surface area contributed by atoms with Crippen molar-refractivity contribution in [3.63, 3.8) is 0 Å². The van der Waals surface area contributed by atoms with Gasteiger partial charge in [-0.25, -0.2) is 18.2 Å². The molecule has 2 saturated carbocycles. The molecule has 5 atom stereocenters. The lowest BCUT2D eigenvalue weighted by molar-refractivity contribution is -0.143. The summed E-state index contributed by atoms with van der Waals surface area (Å²) in [4.78, 5) is 60.8. The molecule has 2 heterocycles. The van der Waals surface area contributed by atoms with Crippen molar-refractivity contribution in [3.8, 4) is 5.88 Å². The van der Waals surface area contributed by atoms with Gasteiger partial charge in [0.05, 0.1) is 16.8 Å². The van der Waals surface area contributed by atoms with Gasteiger partial charge in [0.1, 0.15) is 29.3 Å². The topological polar surface area (TPSA) is 173 Å². The summed E-state index contributed by atoms with van der Waals surface area (Å²) in [5.74, 6) is -2.27. The number of carbonyl (C=O) groups is 4. The van der Waals surface area contributed by atoms with Gasteiger partial charge in [-0.15, -0.1) is 6.58 Å². The zero-order valence-corrected chi connectivity index (χ0v) is 30.0. The number of hydrogen-bond acceptors (Lipinski definition) is 9. The molecule has 0 radical (unpaired) electrons. The van der Waals surface area contributed by atoms with E-state index in [1.807, 2.05) is 30.3 Å². The first-order valence-corrected chi connectivity index (χ1v) is 18.0. The van der Waals surface area contributed by atoms with Crippen LogP contribution in [0.4, 0.5) is 4.79 Å². The Kier molecular flexibility index (Phi) is 9.28. The molecule has 1 aromatic heterocycles. The number of rotatable bonds is 10. The molecular weight excluding hydrogens is 650 g/mol. The number of ether oxygens (including phenoxy) is 2. The van der Waals surface area contributed by atoms with Gasteiger partial charge in [-0.05, 0) is 64.5 Å². The number of carbonyl (C=O) groups excluding carboxylic acids is 4. The highest BCUT2D eigenvalue weighted by Crippen LogP contribution is 2.47. The van der Waals surface area contributed by atoms with E-state index in [0.717, 1.165) is 5.39 Å². The minimum atomic E-state index is -3.98. The number of pyridine rings is 1. The molecule has 1 aliphatic heterocycles. The molecule has 13 nitrogen and oxygen atoms in total. The van der Waals surface area contributed by atoms with Gasteiger partial charge >= 0.3 is 6.09 Å². The van der Waals surface area contributed by atoms with Crippen LogP contribution in [-0.2, 0) is 29.1 Å². The van der Waals surface area contributed by atoms with E-state index in [4.69, 9.17) is 9.47 Å². The largest absolute Gasteiger partial charge is 0.472 e. The van der Waals surface area contributed by atoms with Gasteiger partial charge in [0.15, 0.2) is 0 Å². The Morgan fingerprint density at radius 3 is 2.33 bits per heavy atom. The number of nitrogens with one attached hydrogen (secondary N) is 3. The van der Waals surface area contributed by atoms with Gasteiger partial charge in [-0.2, -0.15) is 0 Å². The third kappa shape index (κ3) is 7.68. The minimum absolute atomic E-state index is 0.0230. The molecule has 0 unspecified atom stereocenters. The summed E-state index contributed by atoms with van der Waals surface area (Å²) in [6.07, 6.45) is 1.08. The molecule has 49 heavy (non-hydrogen) atoms. The fourth-order valence-corrected chi connectivity index (χ4v) is 7.33. The summed E-state index contributed by atoms with van der Waals surface area (Å²) in [5, 5.41) is 6.39. The first kappa shape index (κ1) is 36.1. The highest BCUT2D eigenvalue weighted by molar-refractivity contribution is 7.91. The number of hydrogen-bond donors (Lipinski definition) is 3. The molecule has 2 aromatic rings. The number of aromatic nitrogens is 1. The second-order valence-electron chi connectivity index (χ2n) is 15.7. The van der Waals surface area contributed by atoms with Crippen LogP contribution in [0.25, 0.3) is 10.9 Å². The van der Waals surface area contributed by atoms with E-state index in [2.05, 4.69) is 26.9 Å². The highest BCUT2D eigenvalue weighted by atomic mass is 32.2. The fraction of sp³-hybridized carbons (Fsp3) is 0.571. The average Bonchev–Trinajstić information content (AvgIpc) is 3.88. The van der Waals surface area contributed by atoms with Gasteiger partial charge in [-0.3, -0.25) is 19.1 Å². The minimum Gasteiger partial charge on any atom is -0.472 e. The van der Waals surface area contributed by atoms with Crippen molar-refractivity contribution < 1.29 is 37.1 Å². The van der Waals surface area contributed by atoms with Crippen LogP contribution < -0.4 is 20.1 Å². The zero-order valence-electron chi connectivity index (χ0n) is 29.2. The Hall–Kier alpha value is -4.20. The van der Waals surface area contributed by atoms with Crippen molar-refractivity contribution in [3.05, 3.63) is 49.1 Å². The Balaban J connectivity index is 1.42. The van der Waals surface area contributed by atoms with E-state index in [9.17, 15) is 27.6 Å². The lowest BCUT2D eigenvalue weighted by Crippen LogP contribution is -2.60. The molecule has 1 aromatic carbocycles. The first-order valence-electron chi connectivity index (χ1n) is 16.5. The van der Waals surface area contributed by atoms with E-state index >= 15 is 0 Å². The van der Waals surface area contributed by atoms with Crippen molar-refractivity contribution in [1.29, 1.82) is 0 Å². The normalized spacial score (nSPS) is 25.1. The van der Waals surface area contributed by atoms with Crippen molar-refractivity contribution >= 4 is 44.7 Å². The Bertz CT molecular complexity index is 1780. The maximum absolute atomic E-state index is 14.4. The van der Waals surface area contributed by atoms with Crippen LogP contribution in [0.2, 0.25) is 0 Å². The summed E-state index contributed by atoms with van der Waals surface area (Å²) < 4.78 is 38.7. The van der Waals surface area contributed by atoms with Gasteiger partial charge in [0.25, 0.3) is 5.91 Å². The summed E-state index contributed by atoms with van der Waals surface area (Å²) >= 11 is 0. The second kappa shape index (κ2) is 12.6. The molecule has 2 aliphatic carbocycles. The second-order valence-corrected chi connectivity index (χ2v) is 17.9. The molecule has 266 valence electrons. The average molecular weight is 698 g/mol. The predicted octanol–water partition coefficient (Wildman–Crippen LogP) is 3.58. The van der Waals surface area contributed by atoms with Crippen LogP contribution in [0.3, 0.4) is 0 Å². The number of nitrogens with zero attached hydrogens (tertiary/aromatic N) is 2. The van der Waals surface area contributed by atoms with Crippen molar-refractivity contribution in [2.45, 2.75) is 108 Å². The van der Waals surface area contributed by atoms with Crippen LogP contribution in [0.1, 0.15) is 74.1 Å². The van der Waals surface area contributed by atoms with Gasteiger partial charge < -0.3 is 25.0 Å². The van der Waals surface area contributed by atoms with Crippen molar-refractivity contribution in [2.24, 2.45) is 11.3 Å². The monoisotopic (exact) mass is 697 g/mol. The molecule has 3 fully saturated rings. The Morgan fingerprint density at radius 1 is 1.06 bits per heavy atom. The van der Waals surface area contributed by atoms with Gasteiger partial charge in [0, 0.05) is 23.8 Å². The number of alkyl carbamates (subject to hydrolysis) is 1. The summed E-state index contributed by atoms with van der Waals surface area (Å²) in [6.45, 7) is 15.8. The summed E-state index contributed by atoms with van der Waals surface area (Å²) in [7, 11) is -3.98. The number of likely N-dealkylation sites (tertiary alicyclic amines) is 1. The smallest absolute Gasteiger partial charge is 0.408 e. The van der Waals surface area contributed by atoms with Crippen LogP contribution in [-0.4, -0.2) is 82.7 Å². The van der Waals surface area contributed by atoms with Crippen LogP contribution in [0.5, 0.6) is 5.88 Å². The van der Waals surface area contributed by atoms with Crippen molar-refractivity contribution in [2.75, 3.05) is 6.54 Å². The van der Waals surface area contributed by atoms with E-state index < -0.39 is 79.2 Å². The van der Waals surface area contributed by atoms with Crippen LogP contribution in [0.15, 0.2) is 49.1 Å². The van der Waals surface area contributed by atoms with Crippen molar-refractivity contribution in [1.82, 2.24) is 25.2 Å². The number of amides is 4. The molecule has 0 bridgehead atoms. The van der Waals surface area contributed by atoms with Gasteiger partial charge in [0.2, 0.25) is 27.7 Å². The lowest BCUT2D eigenvalue weighted by atomic mass is 9.85. The van der Waals surface area contributed by atoms with E-state index in [-0.39, 0.29) is 19.4 Å². The molecule has 5 rings (SSSR count). The highest BCUT2D eigenvalue weighted by Gasteiger charge is 2.63. The summed E-state index contributed by atoms with van der Waals surface area (Å²) in [5.41, 5.74) is -2.46. The maximum Gasteiger partial charge on any atom is 0.408 e. The standard InChI is InChI=1S/C35H47N5O8S/c1-9-22-19-35(22,30(43)39-49(45,46)34(8)16-17-34)38-28(41)25-18-23(47-26-15-14-21-12-10-11-13-24(21)36-26)20-40(25)29(42)27(32(2,3)4)37-31(44)48-33(5,6)7/h9-15,22-23,25,27H,1,16-20H2,2-8H3,(H,37,44)(H,38,41)(H,39,43)/t22-,23-,25+,27-,35-/m1/s1. The predicted molar refractivity (Wildman–Crippen MR) is 183 cm³/mol. The van der Waals surface area contributed by atoms with Crippen LogP contribution >= 0.6 is 0 Å². The molecular formula is C35H47N5O8S. The fourth-order valence-electron chi connectivity index (χ4n) is 6.02. The molecule has 4 amide bonds. The van der Waals surface area contributed by atoms with E-state index in [0.29, 0.717) is 24.2 Å². The van der Waals surface area contributed by atoms with Gasteiger partial charge in [-0.1, -0.05) is 45.0 Å². The zero-order chi connectivity index (χ0) is 36.2. The van der Waals surface area contributed by atoms with Crippen LogP contribution in [0, 0.1) is 11.3 Å². The number of sulfonamides is 1. The molecule has 3 aliphatic rings. The van der Waals surface area contributed by atoms with E-state index in [1.165, 1.54) is 11.0 Å². The SMILES string of the molecule is C=C[C@@H]1C[C@]1(NC(=O)[C@@H]1C[C@@H](Oc2ccc3ccccc3n2)CN1C(=O)[C@@H](NC(=O)OC(C)(C)C)C(C)(C)C)C(=O)NS(=O)(=O)C1(C)CC1. The molecule has 0 spiro atoms. The molecule has 14 heteroatoms.